The van der Waals surface area contributed by atoms with Gasteiger partial charge in [0.05, 0.1) is 13.0 Å². The summed E-state index contributed by atoms with van der Waals surface area (Å²) < 4.78 is 5.07. The number of carbonyl (C=O) groups is 1. The van der Waals surface area contributed by atoms with Crippen molar-refractivity contribution in [1.82, 2.24) is 0 Å². The Morgan fingerprint density at radius 2 is 1.59 bits per heavy atom. The topological polar surface area (TPSA) is 26.3 Å². The van der Waals surface area contributed by atoms with Crippen LogP contribution in [0.25, 0.3) is 0 Å². The van der Waals surface area contributed by atoms with Crippen LogP contribution in [0, 0.1) is 47.3 Å². The number of hydrogen-bond acceptors (Lipinski definition) is 2. The van der Waals surface area contributed by atoms with Crippen LogP contribution in [0.5, 0.6) is 0 Å². The molecule has 0 aliphatic heterocycles. The van der Waals surface area contributed by atoms with E-state index in [2.05, 4.69) is 31.2 Å². The van der Waals surface area contributed by atoms with Crippen LogP contribution in [-0.4, -0.2) is 13.1 Å². The highest BCUT2D eigenvalue weighted by Crippen LogP contribution is 2.67. The van der Waals surface area contributed by atoms with Crippen molar-refractivity contribution in [3.63, 3.8) is 0 Å². The first-order valence-electron chi connectivity index (χ1n) is 11.7. The third-order valence-electron chi connectivity index (χ3n) is 8.31. The van der Waals surface area contributed by atoms with E-state index in [1.807, 2.05) is 0 Å². The Morgan fingerprint density at radius 3 is 2.33 bits per heavy atom. The molecule has 2 heteroatoms. The molecule has 0 aromatic heterocycles. The van der Waals surface area contributed by atoms with E-state index < -0.39 is 0 Å². The molecule has 8 atom stereocenters. The number of hydrogen-bond donors (Lipinski definition) is 0. The monoisotopic (exact) mass is 370 g/mol. The first-order chi connectivity index (χ1) is 13.3. The van der Waals surface area contributed by atoms with Crippen molar-refractivity contribution in [2.75, 3.05) is 7.11 Å². The van der Waals surface area contributed by atoms with E-state index in [4.69, 9.17) is 4.74 Å². The Kier molecular flexibility index (Phi) is 6.09. The Morgan fingerprint density at radius 1 is 0.889 bits per heavy atom. The molecule has 150 valence electrons. The first kappa shape index (κ1) is 19.3. The molecule has 8 unspecified atom stereocenters. The summed E-state index contributed by atoms with van der Waals surface area (Å²) in [5.41, 5.74) is 0. The number of esters is 1. The molecule has 0 aromatic rings. The molecule has 0 aromatic carbocycles. The van der Waals surface area contributed by atoms with Crippen molar-refractivity contribution in [2.24, 2.45) is 47.3 Å². The van der Waals surface area contributed by atoms with Crippen molar-refractivity contribution in [3.8, 4) is 0 Å². The maximum atomic E-state index is 12.2. The van der Waals surface area contributed by atoms with Crippen molar-refractivity contribution < 1.29 is 9.53 Å². The zero-order valence-electron chi connectivity index (χ0n) is 17.3. The van der Waals surface area contributed by atoms with Gasteiger partial charge in [0.2, 0.25) is 0 Å². The Balaban J connectivity index is 1.28. The van der Waals surface area contributed by atoms with Crippen molar-refractivity contribution >= 4 is 5.97 Å². The molecule has 0 N–H and O–H groups in total. The van der Waals surface area contributed by atoms with E-state index in [-0.39, 0.29) is 11.9 Å². The number of allylic oxidation sites excluding steroid dienone is 3. The van der Waals surface area contributed by atoms with E-state index in [1.165, 1.54) is 71.3 Å². The van der Waals surface area contributed by atoms with Crippen LogP contribution in [0.15, 0.2) is 24.3 Å². The predicted molar refractivity (Wildman–Crippen MR) is 110 cm³/mol. The lowest BCUT2D eigenvalue weighted by Crippen LogP contribution is -2.50. The van der Waals surface area contributed by atoms with Gasteiger partial charge in [0, 0.05) is 0 Å². The van der Waals surface area contributed by atoms with E-state index in [0.717, 1.165) is 23.7 Å². The number of ether oxygens (including phenoxy) is 1. The second kappa shape index (κ2) is 8.53. The molecule has 0 bridgehead atoms. The fraction of sp³-hybridized carbons (Fsp3) is 0.800. The van der Waals surface area contributed by atoms with Crippen LogP contribution in [0.1, 0.15) is 71.1 Å². The standard InChI is InChI=1S/C25H38O2/c1-3-4-5-6-7-8-9-10-11-18-19-14-15-20-21(25(26)27-2)13-12-17-16-22(18)24(19)23(17)20/h12-15,17-24H,3-11,16H2,1-2H3. The molecule has 2 saturated carbocycles. The van der Waals surface area contributed by atoms with E-state index >= 15 is 0 Å². The summed E-state index contributed by atoms with van der Waals surface area (Å²) in [7, 11) is 1.53. The highest BCUT2D eigenvalue weighted by molar-refractivity contribution is 5.75. The van der Waals surface area contributed by atoms with Gasteiger partial charge in [0.1, 0.15) is 0 Å². The summed E-state index contributed by atoms with van der Waals surface area (Å²) in [5.74, 6) is 5.20. The average molecular weight is 371 g/mol. The molecule has 0 heterocycles. The summed E-state index contributed by atoms with van der Waals surface area (Å²) in [6.45, 7) is 2.29. The number of methoxy groups -OCH3 is 1. The van der Waals surface area contributed by atoms with Crippen molar-refractivity contribution in [3.05, 3.63) is 24.3 Å². The highest BCUT2D eigenvalue weighted by atomic mass is 16.5. The van der Waals surface area contributed by atoms with Gasteiger partial charge < -0.3 is 4.74 Å². The molecule has 0 radical (unpaired) electrons. The fourth-order valence-corrected chi connectivity index (χ4v) is 7.07. The molecule has 0 amide bonds. The zero-order valence-corrected chi connectivity index (χ0v) is 17.3. The minimum absolute atomic E-state index is 0.0426. The minimum Gasteiger partial charge on any atom is -0.469 e. The molecular formula is C25H38O2. The highest BCUT2D eigenvalue weighted by Gasteiger charge is 2.62. The summed E-state index contributed by atoms with van der Waals surface area (Å²) >= 11 is 0. The number of unbranched alkanes of at least 4 members (excludes halogenated alkanes) is 7. The third kappa shape index (κ3) is 3.54. The zero-order chi connectivity index (χ0) is 18.8. The molecule has 4 aliphatic rings. The third-order valence-corrected chi connectivity index (χ3v) is 8.31. The van der Waals surface area contributed by atoms with Crippen LogP contribution in [-0.2, 0) is 9.53 Å². The van der Waals surface area contributed by atoms with E-state index in [9.17, 15) is 4.79 Å². The van der Waals surface area contributed by atoms with Gasteiger partial charge in [-0.25, -0.2) is 0 Å². The summed E-state index contributed by atoms with van der Waals surface area (Å²) in [5, 5.41) is 0. The van der Waals surface area contributed by atoms with Crippen LogP contribution in [0.3, 0.4) is 0 Å². The van der Waals surface area contributed by atoms with Crippen LogP contribution < -0.4 is 0 Å². The summed E-state index contributed by atoms with van der Waals surface area (Å²) in [4.78, 5) is 12.2. The van der Waals surface area contributed by atoms with Crippen LogP contribution in [0.2, 0.25) is 0 Å². The maximum Gasteiger partial charge on any atom is 0.313 e. The Bertz CT molecular complexity index is 577. The predicted octanol–water partition coefficient (Wildman–Crippen LogP) is 6.18. The molecule has 0 saturated heterocycles. The van der Waals surface area contributed by atoms with Crippen LogP contribution in [0.4, 0.5) is 0 Å². The van der Waals surface area contributed by atoms with Gasteiger partial charge in [-0.15, -0.1) is 0 Å². The van der Waals surface area contributed by atoms with Crippen molar-refractivity contribution in [1.29, 1.82) is 0 Å². The van der Waals surface area contributed by atoms with Gasteiger partial charge in [-0.2, -0.15) is 0 Å². The van der Waals surface area contributed by atoms with E-state index in [0.29, 0.717) is 17.8 Å². The van der Waals surface area contributed by atoms with Crippen LogP contribution >= 0.6 is 0 Å². The fourth-order valence-electron chi connectivity index (χ4n) is 7.07. The molecular weight excluding hydrogens is 332 g/mol. The van der Waals surface area contributed by atoms with Gasteiger partial charge >= 0.3 is 5.97 Å². The number of rotatable bonds is 10. The maximum absolute atomic E-state index is 12.2. The Labute approximate surface area is 165 Å². The molecule has 4 aliphatic carbocycles. The molecule has 27 heavy (non-hydrogen) atoms. The lowest BCUT2D eigenvalue weighted by Gasteiger charge is -2.54. The van der Waals surface area contributed by atoms with Gasteiger partial charge in [-0.3, -0.25) is 4.79 Å². The SMILES string of the molecule is CCCCCCCCCCC1C2C=CC3C(C(=O)OC)C=CC4CC1C2C43. The minimum atomic E-state index is -0.0453. The number of carbonyl (C=O) groups excluding carboxylic acids is 1. The summed E-state index contributed by atoms with van der Waals surface area (Å²) in [6, 6.07) is 0. The van der Waals surface area contributed by atoms with Gasteiger partial charge in [0.25, 0.3) is 0 Å². The van der Waals surface area contributed by atoms with Gasteiger partial charge in [-0.1, -0.05) is 82.6 Å². The first-order valence-corrected chi connectivity index (χ1v) is 11.7. The molecule has 0 spiro atoms. The normalized spacial score (nSPS) is 40.5. The Hall–Kier alpha value is -1.05. The quantitative estimate of drug-likeness (QED) is 0.261. The second-order valence-corrected chi connectivity index (χ2v) is 9.62. The second-order valence-electron chi connectivity index (χ2n) is 9.62. The summed E-state index contributed by atoms with van der Waals surface area (Å²) in [6.07, 6.45) is 23.5. The van der Waals surface area contributed by atoms with E-state index in [1.54, 1.807) is 0 Å². The van der Waals surface area contributed by atoms with Gasteiger partial charge in [-0.05, 0) is 54.3 Å². The molecule has 2 fully saturated rings. The molecule has 2 nitrogen and oxygen atoms in total. The largest absolute Gasteiger partial charge is 0.469 e. The van der Waals surface area contributed by atoms with Crippen molar-refractivity contribution in [2.45, 2.75) is 71.1 Å². The molecule has 4 rings (SSSR count). The lowest BCUT2D eigenvalue weighted by molar-refractivity contribution is -0.146. The van der Waals surface area contributed by atoms with Gasteiger partial charge in [0.15, 0.2) is 0 Å². The lowest BCUT2D eigenvalue weighted by atomic mass is 9.50. The smallest absolute Gasteiger partial charge is 0.313 e. The average Bonchev–Trinajstić information content (AvgIpc) is 3.03.